The Kier molecular flexibility index (Phi) is 4.53. The van der Waals surface area contributed by atoms with Crippen LogP contribution in [0.1, 0.15) is 21.5 Å². The number of aryl methyl sites for hydroxylation is 1. The number of ether oxygens (including phenoxy) is 1. The SMILES string of the molecule is Cc1ccc(/C(=C/Br)Oc2ccccc2C=O)cc1. The molecule has 2 aromatic rings. The molecule has 0 aliphatic heterocycles. The molecule has 2 nitrogen and oxygen atoms in total. The van der Waals surface area contributed by atoms with Gasteiger partial charge >= 0.3 is 0 Å². The fraction of sp³-hybridized carbons (Fsp3) is 0.0625. The Labute approximate surface area is 120 Å². The van der Waals surface area contributed by atoms with Crippen LogP contribution in [0.3, 0.4) is 0 Å². The van der Waals surface area contributed by atoms with Gasteiger partial charge in [-0.25, -0.2) is 0 Å². The van der Waals surface area contributed by atoms with Crippen molar-refractivity contribution in [3.8, 4) is 5.75 Å². The molecule has 0 N–H and O–H groups in total. The van der Waals surface area contributed by atoms with Crippen LogP contribution in [0.15, 0.2) is 53.5 Å². The van der Waals surface area contributed by atoms with Crippen molar-refractivity contribution in [3.63, 3.8) is 0 Å². The van der Waals surface area contributed by atoms with E-state index in [9.17, 15) is 4.79 Å². The van der Waals surface area contributed by atoms with Crippen LogP contribution in [0.5, 0.6) is 5.75 Å². The smallest absolute Gasteiger partial charge is 0.153 e. The van der Waals surface area contributed by atoms with Crippen LogP contribution < -0.4 is 4.74 Å². The molecule has 0 spiro atoms. The molecule has 0 radical (unpaired) electrons. The summed E-state index contributed by atoms with van der Waals surface area (Å²) in [4.78, 5) is 12.7. The van der Waals surface area contributed by atoms with Gasteiger partial charge in [-0.05, 0) is 19.1 Å². The first kappa shape index (κ1) is 13.6. The van der Waals surface area contributed by atoms with Gasteiger partial charge in [-0.15, -0.1) is 0 Å². The van der Waals surface area contributed by atoms with Crippen molar-refractivity contribution in [2.24, 2.45) is 0 Å². The highest BCUT2D eigenvalue weighted by Crippen LogP contribution is 2.24. The summed E-state index contributed by atoms with van der Waals surface area (Å²) in [5, 5.41) is 0. The Balaban J connectivity index is 2.29. The molecule has 0 aliphatic rings. The lowest BCUT2D eigenvalue weighted by Gasteiger charge is -2.11. The number of carbonyl (C=O) groups is 1. The van der Waals surface area contributed by atoms with Crippen LogP contribution >= 0.6 is 15.9 Å². The molecule has 2 rings (SSSR count). The van der Waals surface area contributed by atoms with Gasteiger partial charge in [-0.3, -0.25) is 4.79 Å². The summed E-state index contributed by atoms with van der Waals surface area (Å²) in [6, 6.07) is 15.1. The van der Waals surface area contributed by atoms with Crippen LogP contribution in [0.4, 0.5) is 0 Å². The van der Waals surface area contributed by atoms with Crippen LogP contribution in [-0.2, 0) is 0 Å². The number of hydrogen-bond acceptors (Lipinski definition) is 2. The van der Waals surface area contributed by atoms with Gasteiger partial charge in [-0.1, -0.05) is 57.9 Å². The van der Waals surface area contributed by atoms with Crippen molar-refractivity contribution >= 4 is 28.0 Å². The van der Waals surface area contributed by atoms with Crippen LogP contribution in [0.25, 0.3) is 5.76 Å². The summed E-state index contributed by atoms with van der Waals surface area (Å²) in [5.74, 6) is 1.21. The largest absolute Gasteiger partial charge is 0.455 e. The van der Waals surface area contributed by atoms with E-state index in [0.717, 1.165) is 11.8 Å². The topological polar surface area (TPSA) is 26.3 Å². The Bertz CT molecular complexity index is 600. The van der Waals surface area contributed by atoms with Crippen molar-refractivity contribution in [3.05, 3.63) is 70.2 Å². The average Bonchev–Trinajstić information content (AvgIpc) is 2.46. The summed E-state index contributed by atoms with van der Waals surface area (Å²) in [5.41, 5.74) is 2.66. The zero-order valence-electron chi connectivity index (χ0n) is 10.5. The van der Waals surface area contributed by atoms with E-state index in [1.165, 1.54) is 5.56 Å². The molecule has 0 saturated carbocycles. The number of para-hydroxylation sites is 1. The van der Waals surface area contributed by atoms with Gasteiger partial charge in [0.05, 0.1) is 5.56 Å². The lowest BCUT2D eigenvalue weighted by molar-refractivity contribution is 0.112. The number of halogens is 1. The number of carbonyl (C=O) groups excluding carboxylic acids is 1. The normalized spacial score (nSPS) is 11.2. The molecule has 3 heteroatoms. The van der Waals surface area contributed by atoms with E-state index in [4.69, 9.17) is 4.74 Å². The monoisotopic (exact) mass is 316 g/mol. The summed E-state index contributed by atoms with van der Waals surface area (Å²) in [7, 11) is 0. The highest BCUT2D eigenvalue weighted by Gasteiger charge is 2.07. The fourth-order valence-electron chi connectivity index (χ4n) is 1.65. The van der Waals surface area contributed by atoms with E-state index >= 15 is 0 Å². The predicted octanol–water partition coefficient (Wildman–Crippen LogP) is 4.58. The van der Waals surface area contributed by atoms with Crippen LogP contribution in [0.2, 0.25) is 0 Å². The third kappa shape index (κ3) is 3.32. The Morgan fingerprint density at radius 2 is 1.79 bits per heavy atom. The molecule has 0 aliphatic carbocycles. The maximum atomic E-state index is 11.0. The molecule has 2 aromatic carbocycles. The van der Waals surface area contributed by atoms with E-state index in [1.54, 1.807) is 23.2 Å². The van der Waals surface area contributed by atoms with E-state index in [-0.39, 0.29) is 0 Å². The number of benzene rings is 2. The lowest BCUT2D eigenvalue weighted by Crippen LogP contribution is -1.97. The molecule has 19 heavy (non-hydrogen) atoms. The zero-order valence-corrected chi connectivity index (χ0v) is 12.1. The molecule has 0 saturated heterocycles. The maximum absolute atomic E-state index is 11.0. The molecule has 0 aromatic heterocycles. The molecule has 0 heterocycles. The Morgan fingerprint density at radius 3 is 2.42 bits per heavy atom. The molecule has 0 amide bonds. The second-order valence-electron chi connectivity index (χ2n) is 4.10. The Hall–Kier alpha value is -1.87. The van der Waals surface area contributed by atoms with Crippen molar-refractivity contribution in [1.29, 1.82) is 0 Å². The second kappa shape index (κ2) is 6.34. The van der Waals surface area contributed by atoms with E-state index in [1.807, 2.05) is 37.3 Å². The number of rotatable bonds is 4. The molecule has 0 fully saturated rings. The van der Waals surface area contributed by atoms with Gasteiger partial charge in [0.25, 0.3) is 0 Å². The Morgan fingerprint density at radius 1 is 1.11 bits per heavy atom. The van der Waals surface area contributed by atoms with Gasteiger partial charge in [0.1, 0.15) is 11.5 Å². The van der Waals surface area contributed by atoms with E-state index in [0.29, 0.717) is 17.1 Å². The van der Waals surface area contributed by atoms with E-state index in [2.05, 4.69) is 15.9 Å². The van der Waals surface area contributed by atoms with Crippen LogP contribution in [-0.4, -0.2) is 6.29 Å². The van der Waals surface area contributed by atoms with Crippen molar-refractivity contribution < 1.29 is 9.53 Å². The molecular weight excluding hydrogens is 304 g/mol. The minimum Gasteiger partial charge on any atom is -0.455 e. The van der Waals surface area contributed by atoms with Crippen LogP contribution in [0, 0.1) is 6.92 Å². The average molecular weight is 317 g/mol. The standard InChI is InChI=1S/C16H13BrO2/c1-12-6-8-13(9-7-12)16(10-17)19-15-5-3-2-4-14(15)11-18/h2-11H,1H3/b16-10-. The molecule has 0 bridgehead atoms. The molecule has 0 unspecified atom stereocenters. The number of aldehydes is 1. The minimum absolute atomic E-state index is 0.529. The van der Waals surface area contributed by atoms with Gasteiger partial charge in [0, 0.05) is 10.5 Å². The predicted molar refractivity (Wildman–Crippen MR) is 80.5 cm³/mol. The summed E-state index contributed by atoms with van der Waals surface area (Å²) >= 11 is 3.30. The minimum atomic E-state index is 0.529. The third-order valence-electron chi connectivity index (χ3n) is 2.70. The van der Waals surface area contributed by atoms with Crippen molar-refractivity contribution in [2.75, 3.05) is 0 Å². The molecular formula is C16H13BrO2. The van der Waals surface area contributed by atoms with Crippen molar-refractivity contribution in [2.45, 2.75) is 6.92 Å². The first-order chi connectivity index (χ1) is 9.24. The lowest BCUT2D eigenvalue weighted by atomic mass is 10.1. The third-order valence-corrected chi connectivity index (χ3v) is 3.12. The first-order valence-corrected chi connectivity index (χ1v) is 6.75. The molecule has 96 valence electrons. The maximum Gasteiger partial charge on any atom is 0.153 e. The quantitative estimate of drug-likeness (QED) is 0.609. The van der Waals surface area contributed by atoms with Gasteiger partial charge in [0.2, 0.25) is 0 Å². The van der Waals surface area contributed by atoms with Gasteiger partial charge < -0.3 is 4.74 Å². The van der Waals surface area contributed by atoms with Gasteiger partial charge in [0.15, 0.2) is 6.29 Å². The van der Waals surface area contributed by atoms with E-state index < -0.39 is 0 Å². The fourth-order valence-corrected chi connectivity index (χ4v) is 2.01. The molecule has 0 atom stereocenters. The second-order valence-corrected chi connectivity index (χ2v) is 4.55. The van der Waals surface area contributed by atoms with Crippen molar-refractivity contribution in [1.82, 2.24) is 0 Å². The highest BCUT2D eigenvalue weighted by atomic mass is 79.9. The summed E-state index contributed by atoms with van der Waals surface area (Å²) in [6.07, 6.45) is 0.788. The number of hydrogen-bond donors (Lipinski definition) is 0. The van der Waals surface area contributed by atoms with Gasteiger partial charge in [-0.2, -0.15) is 0 Å². The highest BCUT2D eigenvalue weighted by molar-refractivity contribution is 9.11. The zero-order chi connectivity index (χ0) is 13.7. The summed E-state index contributed by atoms with van der Waals surface area (Å²) < 4.78 is 5.79. The summed E-state index contributed by atoms with van der Waals surface area (Å²) in [6.45, 7) is 2.03. The first-order valence-electron chi connectivity index (χ1n) is 5.84.